The van der Waals surface area contributed by atoms with Gasteiger partial charge in [-0.05, 0) is 79.4 Å². The van der Waals surface area contributed by atoms with E-state index in [4.69, 9.17) is 20.8 Å². The van der Waals surface area contributed by atoms with E-state index in [1.807, 2.05) is 48.2 Å². The summed E-state index contributed by atoms with van der Waals surface area (Å²) in [5.41, 5.74) is 4.82. The third kappa shape index (κ3) is 5.39. The van der Waals surface area contributed by atoms with Gasteiger partial charge >= 0.3 is 0 Å². The fourth-order valence-electron chi connectivity index (χ4n) is 4.69. The van der Waals surface area contributed by atoms with Crippen molar-refractivity contribution >= 4 is 29.1 Å². The molecule has 2 amide bonds. The molecular weight excluding hydrogens is 488 g/mol. The first kappa shape index (κ1) is 24.7. The fourth-order valence-corrected chi connectivity index (χ4v) is 4.88. The molecule has 0 spiro atoms. The summed E-state index contributed by atoms with van der Waals surface area (Å²) in [5.74, 6) is 0.407. The number of nitrogens with zero attached hydrogens (tertiary/aromatic N) is 1. The number of nitrogens with one attached hydrogen (secondary N) is 1. The van der Waals surface area contributed by atoms with E-state index in [0.29, 0.717) is 35.2 Å². The normalized spacial score (nSPS) is 15.5. The van der Waals surface area contributed by atoms with Gasteiger partial charge in [-0.1, -0.05) is 53.6 Å². The molecule has 0 fully saturated rings. The van der Waals surface area contributed by atoms with Gasteiger partial charge in [0.25, 0.3) is 11.8 Å². The van der Waals surface area contributed by atoms with Crippen LogP contribution in [0, 0.1) is 6.92 Å². The standard InChI is InChI=1S/C30H27ClN2O4/c1-19-6-3-7-22(16-19)28-26-18-25(37-20(2)29(34)32-24-9-4-8-23(31)17-24)12-11-21(26)13-14-33(28)30(35)27-10-5-15-36-27/h3-12,15-18,20,28H,13-14H2,1-2H3,(H,32,34)/t20-,28+/m1/s1. The van der Waals surface area contributed by atoms with Crippen LogP contribution in [0.25, 0.3) is 0 Å². The topological polar surface area (TPSA) is 71.8 Å². The number of fused-ring (bicyclic) bond motifs is 1. The molecule has 1 aliphatic rings. The minimum absolute atomic E-state index is 0.164. The molecular formula is C30H27ClN2O4. The van der Waals surface area contributed by atoms with E-state index in [1.165, 1.54) is 6.26 Å². The molecule has 0 aliphatic carbocycles. The van der Waals surface area contributed by atoms with Crippen LogP contribution >= 0.6 is 11.6 Å². The number of carbonyl (C=O) groups is 2. The molecule has 5 rings (SSSR count). The molecule has 3 aromatic carbocycles. The molecule has 0 radical (unpaired) electrons. The lowest BCUT2D eigenvalue weighted by molar-refractivity contribution is -0.122. The maximum absolute atomic E-state index is 13.4. The molecule has 0 unspecified atom stereocenters. The Kier molecular flexibility index (Phi) is 7.01. The van der Waals surface area contributed by atoms with E-state index in [-0.39, 0.29) is 17.9 Å². The van der Waals surface area contributed by atoms with E-state index in [1.54, 1.807) is 43.3 Å². The Labute approximate surface area is 220 Å². The van der Waals surface area contributed by atoms with Crippen LogP contribution < -0.4 is 10.1 Å². The van der Waals surface area contributed by atoms with Crippen molar-refractivity contribution in [3.8, 4) is 5.75 Å². The number of furan rings is 1. The molecule has 7 heteroatoms. The zero-order valence-electron chi connectivity index (χ0n) is 20.6. The minimum Gasteiger partial charge on any atom is -0.481 e. The van der Waals surface area contributed by atoms with Gasteiger partial charge in [-0.2, -0.15) is 0 Å². The summed E-state index contributed by atoms with van der Waals surface area (Å²) in [4.78, 5) is 28.0. The zero-order chi connectivity index (χ0) is 25.9. The van der Waals surface area contributed by atoms with Gasteiger partial charge in [0.15, 0.2) is 11.9 Å². The van der Waals surface area contributed by atoms with E-state index in [0.717, 1.165) is 22.3 Å². The first-order valence-electron chi connectivity index (χ1n) is 12.2. The zero-order valence-corrected chi connectivity index (χ0v) is 21.4. The lowest BCUT2D eigenvalue weighted by Gasteiger charge is -2.37. The number of aryl methyl sites for hydroxylation is 1. The molecule has 1 N–H and O–H groups in total. The SMILES string of the molecule is Cc1cccc([C@H]2c3cc(O[C@H](C)C(=O)Nc4cccc(Cl)c4)ccc3CCN2C(=O)c2ccco2)c1. The third-order valence-electron chi connectivity index (χ3n) is 6.47. The van der Waals surface area contributed by atoms with Crippen LogP contribution in [0.4, 0.5) is 5.69 Å². The fraction of sp³-hybridized carbons (Fsp3) is 0.200. The van der Waals surface area contributed by atoms with E-state index in [9.17, 15) is 9.59 Å². The largest absolute Gasteiger partial charge is 0.481 e. The van der Waals surface area contributed by atoms with Crippen LogP contribution in [0.5, 0.6) is 5.75 Å². The average Bonchev–Trinajstić information content (AvgIpc) is 3.42. The van der Waals surface area contributed by atoms with Crippen LogP contribution in [-0.2, 0) is 11.2 Å². The Balaban J connectivity index is 1.44. The summed E-state index contributed by atoms with van der Waals surface area (Å²) in [6.07, 6.45) is 1.46. The summed E-state index contributed by atoms with van der Waals surface area (Å²) in [7, 11) is 0. The van der Waals surface area contributed by atoms with Gasteiger partial charge in [0, 0.05) is 17.3 Å². The van der Waals surface area contributed by atoms with Crippen molar-refractivity contribution in [1.82, 2.24) is 4.90 Å². The molecule has 2 atom stereocenters. The number of halogens is 1. The Morgan fingerprint density at radius 1 is 1.05 bits per heavy atom. The number of amides is 2. The molecule has 1 aromatic heterocycles. The Morgan fingerprint density at radius 3 is 2.65 bits per heavy atom. The average molecular weight is 515 g/mol. The lowest BCUT2D eigenvalue weighted by Crippen LogP contribution is -2.40. The van der Waals surface area contributed by atoms with Crippen molar-refractivity contribution in [1.29, 1.82) is 0 Å². The van der Waals surface area contributed by atoms with E-state index >= 15 is 0 Å². The Bertz CT molecular complexity index is 1430. The molecule has 0 saturated carbocycles. The van der Waals surface area contributed by atoms with Gasteiger partial charge in [-0.25, -0.2) is 0 Å². The predicted octanol–water partition coefficient (Wildman–Crippen LogP) is 6.44. The van der Waals surface area contributed by atoms with Gasteiger partial charge < -0.3 is 19.4 Å². The number of benzene rings is 3. The number of anilines is 1. The molecule has 188 valence electrons. The van der Waals surface area contributed by atoms with Gasteiger partial charge in [-0.15, -0.1) is 0 Å². The summed E-state index contributed by atoms with van der Waals surface area (Å²) >= 11 is 6.03. The molecule has 0 saturated heterocycles. The van der Waals surface area contributed by atoms with Crippen LogP contribution in [0.1, 0.15) is 45.8 Å². The molecule has 0 bridgehead atoms. The summed E-state index contributed by atoms with van der Waals surface area (Å²) in [5, 5.41) is 3.37. The maximum atomic E-state index is 13.4. The lowest BCUT2D eigenvalue weighted by atomic mass is 9.87. The van der Waals surface area contributed by atoms with Crippen molar-refractivity contribution in [2.75, 3.05) is 11.9 Å². The van der Waals surface area contributed by atoms with Crippen molar-refractivity contribution in [2.45, 2.75) is 32.4 Å². The number of hydrogen-bond donors (Lipinski definition) is 1. The minimum atomic E-state index is -0.751. The van der Waals surface area contributed by atoms with Crippen LogP contribution in [0.3, 0.4) is 0 Å². The Morgan fingerprint density at radius 2 is 1.89 bits per heavy atom. The molecule has 6 nitrogen and oxygen atoms in total. The van der Waals surface area contributed by atoms with Crippen molar-refractivity contribution in [2.24, 2.45) is 0 Å². The van der Waals surface area contributed by atoms with Crippen LogP contribution in [0.15, 0.2) is 89.5 Å². The molecule has 1 aliphatic heterocycles. The van der Waals surface area contributed by atoms with Gasteiger partial charge in [0.2, 0.25) is 0 Å². The Hall–Kier alpha value is -4.03. The summed E-state index contributed by atoms with van der Waals surface area (Å²) in [6, 6.07) is 24.0. The molecule has 4 aromatic rings. The van der Waals surface area contributed by atoms with Gasteiger partial charge in [-0.3, -0.25) is 9.59 Å². The van der Waals surface area contributed by atoms with Gasteiger partial charge in [0.1, 0.15) is 5.75 Å². The quantitative estimate of drug-likeness (QED) is 0.321. The number of carbonyl (C=O) groups excluding carboxylic acids is 2. The van der Waals surface area contributed by atoms with E-state index < -0.39 is 6.10 Å². The van der Waals surface area contributed by atoms with Crippen molar-refractivity contribution < 1.29 is 18.7 Å². The third-order valence-corrected chi connectivity index (χ3v) is 6.71. The highest BCUT2D eigenvalue weighted by atomic mass is 35.5. The van der Waals surface area contributed by atoms with E-state index in [2.05, 4.69) is 11.4 Å². The van der Waals surface area contributed by atoms with Crippen LogP contribution in [-0.4, -0.2) is 29.4 Å². The first-order chi connectivity index (χ1) is 17.9. The second-order valence-electron chi connectivity index (χ2n) is 9.16. The number of rotatable bonds is 6. The van der Waals surface area contributed by atoms with Crippen molar-refractivity contribution in [3.05, 3.63) is 118 Å². The summed E-state index contributed by atoms with van der Waals surface area (Å²) < 4.78 is 11.5. The summed E-state index contributed by atoms with van der Waals surface area (Å²) in [6.45, 7) is 4.29. The monoisotopic (exact) mass is 514 g/mol. The van der Waals surface area contributed by atoms with Crippen molar-refractivity contribution in [3.63, 3.8) is 0 Å². The smallest absolute Gasteiger partial charge is 0.290 e. The van der Waals surface area contributed by atoms with Crippen LogP contribution in [0.2, 0.25) is 5.02 Å². The second kappa shape index (κ2) is 10.5. The predicted molar refractivity (Wildman–Crippen MR) is 143 cm³/mol. The molecule has 37 heavy (non-hydrogen) atoms. The number of hydrogen-bond acceptors (Lipinski definition) is 4. The molecule has 2 heterocycles. The first-order valence-corrected chi connectivity index (χ1v) is 12.5. The second-order valence-corrected chi connectivity index (χ2v) is 9.60. The van der Waals surface area contributed by atoms with Gasteiger partial charge in [0.05, 0.1) is 12.3 Å². The number of ether oxygens (including phenoxy) is 1. The highest BCUT2D eigenvalue weighted by molar-refractivity contribution is 6.30. The highest BCUT2D eigenvalue weighted by Crippen LogP contribution is 2.38. The highest BCUT2D eigenvalue weighted by Gasteiger charge is 2.34. The maximum Gasteiger partial charge on any atom is 0.290 e.